The van der Waals surface area contributed by atoms with Crippen molar-refractivity contribution in [1.82, 2.24) is 5.32 Å². The van der Waals surface area contributed by atoms with Crippen LogP contribution in [-0.2, 0) is 19.7 Å². The van der Waals surface area contributed by atoms with Crippen LogP contribution >= 0.6 is 11.6 Å². The second-order valence-electron chi connectivity index (χ2n) is 4.70. The average Bonchev–Trinajstić information content (AvgIpc) is 2.34. The van der Waals surface area contributed by atoms with Crippen LogP contribution in [0.1, 0.15) is 24.8 Å². The molecule has 0 bridgehead atoms. The summed E-state index contributed by atoms with van der Waals surface area (Å²) in [5.74, 6) is -0.583. The van der Waals surface area contributed by atoms with Crippen molar-refractivity contribution >= 4 is 23.5 Å². The zero-order chi connectivity index (χ0) is 13.9. The molecule has 0 atom stereocenters. The van der Waals surface area contributed by atoms with Crippen molar-refractivity contribution in [3.8, 4) is 0 Å². The maximum Gasteiger partial charge on any atom is 0.325 e. The van der Waals surface area contributed by atoms with Gasteiger partial charge in [-0.3, -0.25) is 9.59 Å². The molecule has 1 amide bonds. The van der Waals surface area contributed by atoms with Crippen molar-refractivity contribution in [2.24, 2.45) is 0 Å². The Hall–Kier alpha value is -1.55. The quantitative estimate of drug-likeness (QED) is 0.860. The van der Waals surface area contributed by atoms with Gasteiger partial charge >= 0.3 is 5.97 Å². The van der Waals surface area contributed by atoms with Crippen molar-refractivity contribution in [1.29, 1.82) is 0 Å². The SMILES string of the molecule is COC(=O)CNC(=O)C1(c2cccc(Cl)c2)CCC1. The summed E-state index contributed by atoms with van der Waals surface area (Å²) in [5.41, 5.74) is 0.368. The molecular weight excluding hydrogens is 266 g/mol. The van der Waals surface area contributed by atoms with E-state index in [1.807, 2.05) is 18.2 Å². The largest absolute Gasteiger partial charge is 0.468 e. The highest BCUT2D eigenvalue weighted by Crippen LogP contribution is 2.44. The van der Waals surface area contributed by atoms with Crippen LogP contribution in [0.5, 0.6) is 0 Å². The zero-order valence-electron chi connectivity index (χ0n) is 10.7. The number of nitrogens with one attached hydrogen (secondary N) is 1. The number of amides is 1. The van der Waals surface area contributed by atoms with E-state index in [1.54, 1.807) is 6.07 Å². The third kappa shape index (κ3) is 2.73. The van der Waals surface area contributed by atoms with Gasteiger partial charge in [0, 0.05) is 5.02 Å². The molecule has 1 aliphatic carbocycles. The van der Waals surface area contributed by atoms with Gasteiger partial charge in [-0.15, -0.1) is 0 Å². The van der Waals surface area contributed by atoms with Crippen LogP contribution in [0.2, 0.25) is 5.02 Å². The molecule has 0 spiro atoms. The van der Waals surface area contributed by atoms with Gasteiger partial charge in [0.2, 0.25) is 5.91 Å². The maximum atomic E-state index is 12.3. The summed E-state index contributed by atoms with van der Waals surface area (Å²) in [5, 5.41) is 3.25. The number of rotatable bonds is 4. The van der Waals surface area contributed by atoms with E-state index in [4.69, 9.17) is 11.6 Å². The van der Waals surface area contributed by atoms with Crippen molar-refractivity contribution < 1.29 is 14.3 Å². The smallest absolute Gasteiger partial charge is 0.325 e. The fraction of sp³-hybridized carbons (Fsp3) is 0.429. The Morgan fingerprint density at radius 2 is 2.16 bits per heavy atom. The van der Waals surface area contributed by atoms with Crippen molar-refractivity contribution in [2.45, 2.75) is 24.7 Å². The first-order valence-electron chi connectivity index (χ1n) is 6.20. The van der Waals surface area contributed by atoms with Crippen LogP contribution < -0.4 is 5.32 Å². The lowest BCUT2D eigenvalue weighted by Gasteiger charge is -2.40. The molecule has 0 radical (unpaired) electrons. The highest BCUT2D eigenvalue weighted by molar-refractivity contribution is 6.30. The van der Waals surface area contributed by atoms with E-state index in [1.165, 1.54) is 7.11 Å². The van der Waals surface area contributed by atoms with E-state index >= 15 is 0 Å². The second kappa shape index (κ2) is 5.61. The van der Waals surface area contributed by atoms with Gasteiger partial charge < -0.3 is 10.1 Å². The van der Waals surface area contributed by atoms with E-state index in [9.17, 15) is 9.59 Å². The van der Waals surface area contributed by atoms with Crippen LogP contribution in [-0.4, -0.2) is 25.5 Å². The predicted octanol–water partition coefficient (Wildman–Crippen LogP) is 2.05. The van der Waals surface area contributed by atoms with Crippen LogP contribution in [0.4, 0.5) is 0 Å². The lowest BCUT2D eigenvalue weighted by molar-refractivity contribution is -0.142. The third-order valence-corrected chi connectivity index (χ3v) is 3.88. The summed E-state index contributed by atoms with van der Waals surface area (Å²) in [6.07, 6.45) is 2.55. The number of benzene rings is 1. The van der Waals surface area contributed by atoms with Crippen molar-refractivity contribution in [2.75, 3.05) is 13.7 Å². The first kappa shape index (κ1) is 13.9. The Bertz CT molecular complexity index is 497. The zero-order valence-corrected chi connectivity index (χ0v) is 11.5. The molecule has 0 unspecified atom stereocenters. The van der Waals surface area contributed by atoms with Gasteiger partial charge in [-0.05, 0) is 30.5 Å². The number of methoxy groups -OCH3 is 1. The summed E-state index contributed by atoms with van der Waals surface area (Å²) in [6, 6.07) is 7.34. The van der Waals surface area contributed by atoms with Gasteiger partial charge in [-0.25, -0.2) is 0 Å². The molecule has 0 saturated heterocycles. The summed E-state index contributed by atoms with van der Waals surface area (Å²) in [6.45, 7) is -0.0996. The highest BCUT2D eigenvalue weighted by Gasteiger charge is 2.45. The molecule has 0 heterocycles. The van der Waals surface area contributed by atoms with Crippen LogP contribution in [0.25, 0.3) is 0 Å². The van der Waals surface area contributed by atoms with Crippen molar-refractivity contribution in [3.63, 3.8) is 0 Å². The van der Waals surface area contributed by atoms with Crippen LogP contribution in [0, 0.1) is 0 Å². The summed E-state index contributed by atoms with van der Waals surface area (Å²) < 4.78 is 4.51. The second-order valence-corrected chi connectivity index (χ2v) is 5.14. The first-order valence-corrected chi connectivity index (χ1v) is 6.57. The molecule has 5 heteroatoms. The fourth-order valence-electron chi connectivity index (χ4n) is 2.36. The molecule has 1 aromatic rings. The van der Waals surface area contributed by atoms with Crippen LogP contribution in [0.3, 0.4) is 0 Å². The molecular formula is C14H16ClNO3. The van der Waals surface area contributed by atoms with Gasteiger partial charge in [0.1, 0.15) is 6.54 Å². The molecule has 1 fully saturated rings. The van der Waals surface area contributed by atoms with Gasteiger partial charge in [0.15, 0.2) is 0 Å². The van der Waals surface area contributed by atoms with E-state index in [-0.39, 0.29) is 12.5 Å². The molecule has 102 valence electrons. The number of hydrogen-bond donors (Lipinski definition) is 1. The predicted molar refractivity (Wildman–Crippen MR) is 72.0 cm³/mol. The van der Waals surface area contributed by atoms with Gasteiger partial charge in [-0.2, -0.15) is 0 Å². The summed E-state index contributed by atoms with van der Waals surface area (Å²) in [4.78, 5) is 23.4. The lowest BCUT2D eigenvalue weighted by atomic mass is 9.64. The fourth-order valence-corrected chi connectivity index (χ4v) is 2.55. The Morgan fingerprint density at radius 1 is 1.42 bits per heavy atom. The van der Waals surface area contributed by atoms with Gasteiger partial charge in [0.25, 0.3) is 0 Å². The molecule has 4 nitrogen and oxygen atoms in total. The monoisotopic (exact) mass is 281 g/mol. The van der Waals surface area contributed by atoms with E-state index in [0.29, 0.717) is 5.02 Å². The molecule has 0 aliphatic heterocycles. The molecule has 1 N–H and O–H groups in total. The molecule has 19 heavy (non-hydrogen) atoms. The Kier molecular flexibility index (Phi) is 4.10. The Morgan fingerprint density at radius 3 is 2.68 bits per heavy atom. The standard InChI is InChI=1S/C14H16ClNO3/c1-19-12(17)9-16-13(18)14(6-3-7-14)10-4-2-5-11(15)8-10/h2,4-5,8H,3,6-7,9H2,1H3,(H,16,18). The number of halogens is 1. The summed E-state index contributed by atoms with van der Waals surface area (Å²) >= 11 is 5.98. The molecule has 1 aromatic carbocycles. The Labute approximate surface area is 117 Å². The number of carbonyl (C=O) groups is 2. The van der Waals surface area contributed by atoms with E-state index < -0.39 is 11.4 Å². The molecule has 1 saturated carbocycles. The van der Waals surface area contributed by atoms with E-state index in [0.717, 1.165) is 24.8 Å². The average molecular weight is 282 g/mol. The van der Waals surface area contributed by atoms with Gasteiger partial charge in [-0.1, -0.05) is 30.2 Å². The van der Waals surface area contributed by atoms with Crippen molar-refractivity contribution in [3.05, 3.63) is 34.9 Å². The number of esters is 1. The minimum absolute atomic E-state index is 0.0996. The Balaban J connectivity index is 2.14. The normalized spacial score (nSPS) is 16.3. The number of carbonyl (C=O) groups excluding carboxylic acids is 2. The molecule has 1 aliphatic rings. The number of hydrogen-bond acceptors (Lipinski definition) is 3. The molecule has 0 aromatic heterocycles. The molecule has 2 rings (SSSR count). The minimum atomic E-state index is -0.543. The maximum absolute atomic E-state index is 12.3. The lowest BCUT2D eigenvalue weighted by Crippen LogP contribution is -2.50. The third-order valence-electron chi connectivity index (χ3n) is 3.64. The number of ether oxygens (including phenoxy) is 1. The van der Waals surface area contributed by atoms with E-state index in [2.05, 4.69) is 10.1 Å². The van der Waals surface area contributed by atoms with Gasteiger partial charge in [0.05, 0.1) is 12.5 Å². The summed E-state index contributed by atoms with van der Waals surface area (Å²) in [7, 11) is 1.30. The topological polar surface area (TPSA) is 55.4 Å². The first-order chi connectivity index (χ1) is 9.08. The minimum Gasteiger partial charge on any atom is -0.468 e. The highest BCUT2D eigenvalue weighted by atomic mass is 35.5. The van der Waals surface area contributed by atoms with Crippen LogP contribution in [0.15, 0.2) is 24.3 Å².